The quantitative estimate of drug-likeness (QED) is 0.796. The zero-order chi connectivity index (χ0) is 12.3. The van der Waals surface area contributed by atoms with Crippen LogP contribution in [0, 0.1) is 5.92 Å². The second-order valence-electron chi connectivity index (χ2n) is 5.28. The lowest BCUT2D eigenvalue weighted by molar-refractivity contribution is 0.101. The first-order valence-corrected chi connectivity index (χ1v) is 7.04. The Kier molecular flexibility index (Phi) is 4.22. The van der Waals surface area contributed by atoms with E-state index >= 15 is 0 Å². The Balaban J connectivity index is 2.24. The Labute approximate surface area is 105 Å². The predicted octanol–water partition coefficient (Wildman–Crippen LogP) is 4.42. The van der Waals surface area contributed by atoms with Gasteiger partial charge in [0.15, 0.2) is 0 Å². The van der Waals surface area contributed by atoms with Crippen molar-refractivity contribution in [3.8, 4) is 0 Å². The lowest BCUT2D eigenvalue weighted by atomic mass is 9.76. The molecule has 0 saturated heterocycles. The molecule has 1 fully saturated rings. The molecule has 0 heterocycles. The molecule has 0 aliphatic heterocycles. The number of hydrogen-bond donors (Lipinski definition) is 1. The van der Waals surface area contributed by atoms with Crippen LogP contribution in [0.5, 0.6) is 0 Å². The zero-order valence-corrected chi connectivity index (χ0v) is 11.0. The number of aliphatic hydroxyl groups is 1. The highest BCUT2D eigenvalue weighted by molar-refractivity contribution is 5.33. The molecule has 1 nitrogen and oxygen atoms in total. The zero-order valence-electron chi connectivity index (χ0n) is 11.0. The summed E-state index contributed by atoms with van der Waals surface area (Å²) in [7, 11) is 0. The SMILES string of the molecule is CCC(CC)C(O)c1ccccc1C1CCC1. The third-order valence-corrected chi connectivity index (χ3v) is 4.35. The van der Waals surface area contributed by atoms with E-state index < -0.39 is 0 Å². The van der Waals surface area contributed by atoms with Crippen LogP contribution in [-0.4, -0.2) is 5.11 Å². The van der Waals surface area contributed by atoms with Gasteiger partial charge in [0.05, 0.1) is 6.10 Å². The summed E-state index contributed by atoms with van der Waals surface area (Å²) in [5.74, 6) is 1.10. The van der Waals surface area contributed by atoms with Crippen LogP contribution < -0.4 is 0 Å². The summed E-state index contributed by atoms with van der Waals surface area (Å²) < 4.78 is 0. The number of hydrogen-bond acceptors (Lipinski definition) is 1. The van der Waals surface area contributed by atoms with Crippen LogP contribution in [-0.2, 0) is 0 Å². The summed E-state index contributed by atoms with van der Waals surface area (Å²) in [6.07, 6.45) is 5.77. The second kappa shape index (κ2) is 5.68. The molecule has 1 aliphatic rings. The van der Waals surface area contributed by atoms with Gasteiger partial charge in [-0.2, -0.15) is 0 Å². The fourth-order valence-electron chi connectivity index (χ4n) is 2.86. The fraction of sp³-hybridized carbons (Fsp3) is 0.625. The first-order valence-electron chi connectivity index (χ1n) is 7.04. The molecule has 0 aromatic heterocycles. The maximum absolute atomic E-state index is 10.5. The molecule has 1 aromatic rings. The average molecular weight is 232 g/mol. The molecule has 1 N–H and O–H groups in total. The molecule has 0 radical (unpaired) electrons. The Morgan fingerprint density at radius 1 is 1.18 bits per heavy atom. The number of aliphatic hydroxyl groups excluding tert-OH is 1. The van der Waals surface area contributed by atoms with Gasteiger partial charge in [0.1, 0.15) is 0 Å². The molecular formula is C16H24O. The van der Waals surface area contributed by atoms with Crippen molar-refractivity contribution in [2.75, 3.05) is 0 Å². The Bertz CT molecular complexity index is 350. The van der Waals surface area contributed by atoms with Crippen molar-refractivity contribution in [1.29, 1.82) is 0 Å². The average Bonchev–Trinajstić information content (AvgIpc) is 2.29. The van der Waals surface area contributed by atoms with Crippen LogP contribution in [0.2, 0.25) is 0 Å². The normalized spacial score (nSPS) is 18.1. The molecular weight excluding hydrogens is 208 g/mol. The van der Waals surface area contributed by atoms with E-state index in [0.717, 1.165) is 12.8 Å². The molecule has 0 spiro atoms. The topological polar surface area (TPSA) is 20.2 Å². The summed E-state index contributed by atoms with van der Waals surface area (Å²) in [4.78, 5) is 0. The second-order valence-corrected chi connectivity index (χ2v) is 5.28. The third kappa shape index (κ3) is 2.55. The largest absolute Gasteiger partial charge is 0.388 e. The first kappa shape index (κ1) is 12.6. The van der Waals surface area contributed by atoms with Crippen molar-refractivity contribution in [3.05, 3.63) is 35.4 Å². The molecule has 1 aromatic carbocycles. The van der Waals surface area contributed by atoms with Crippen LogP contribution in [0.1, 0.15) is 69.1 Å². The van der Waals surface area contributed by atoms with E-state index in [9.17, 15) is 5.11 Å². The van der Waals surface area contributed by atoms with E-state index in [1.807, 2.05) is 0 Å². The monoisotopic (exact) mass is 232 g/mol. The standard InChI is InChI=1S/C16H24O/c1-3-12(4-2)16(17)15-11-6-5-10-14(15)13-8-7-9-13/h5-6,10-13,16-17H,3-4,7-9H2,1-2H3. The van der Waals surface area contributed by atoms with Gasteiger partial charge in [-0.3, -0.25) is 0 Å². The molecule has 1 unspecified atom stereocenters. The number of benzene rings is 1. The molecule has 0 amide bonds. The van der Waals surface area contributed by atoms with Crippen LogP contribution in [0.4, 0.5) is 0 Å². The van der Waals surface area contributed by atoms with Gasteiger partial charge in [0.2, 0.25) is 0 Å². The van der Waals surface area contributed by atoms with Crippen LogP contribution >= 0.6 is 0 Å². The minimum absolute atomic E-state index is 0.276. The highest BCUT2D eigenvalue weighted by Gasteiger charge is 2.26. The molecule has 1 heteroatoms. The minimum atomic E-state index is -0.276. The molecule has 1 aliphatic carbocycles. The summed E-state index contributed by atoms with van der Waals surface area (Å²) >= 11 is 0. The van der Waals surface area contributed by atoms with Gasteiger partial charge in [0, 0.05) is 0 Å². The van der Waals surface area contributed by atoms with Gasteiger partial charge < -0.3 is 5.11 Å². The smallest absolute Gasteiger partial charge is 0.0820 e. The lowest BCUT2D eigenvalue weighted by Gasteiger charge is -2.31. The van der Waals surface area contributed by atoms with Crippen molar-refractivity contribution in [2.24, 2.45) is 5.92 Å². The van der Waals surface area contributed by atoms with Crippen molar-refractivity contribution >= 4 is 0 Å². The van der Waals surface area contributed by atoms with Gasteiger partial charge in [-0.25, -0.2) is 0 Å². The summed E-state index contributed by atoms with van der Waals surface area (Å²) in [5, 5.41) is 10.5. The Hall–Kier alpha value is -0.820. The first-order chi connectivity index (χ1) is 8.27. The highest BCUT2D eigenvalue weighted by Crippen LogP contribution is 2.41. The van der Waals surface area contributed by atoms with Gasteiger partial charge in [-0.15, -0.1) is 0 Å². The van der Waals surface area contributed by atoms with Crippen LogP contribution in [0.15, 0.2) is 24.3 Å². The van der Waals surface area contributed by atoms with Crippen LogP contribution in [0.25, 0.3) is 0 Å². The molecule has 2 rings (SSSR count). The summed E-state index contributed by atoms with van der Waals surface area (Å²) in [6, 6.07) is 8.50. The van der Waals surface area contributed by atoms with Gasteiger partial charge >= 0.3 is 0 Å². The molecule has 94 valence electrons. The van der Waals surface area contributed by atoms with Crippen molar-refractivity contribution in [3.63, 3.8) is 0 Å². The van der Waals surface area contributed by atoms with Gasteiger partial charge in [0.25, 0.3) is 0 Å². The van der Waals surface area contributed by atoms with Gasteiger partial charge in [-0.05, 0) is 35.8 Å². The van der Waals surface area contributed by atoms with Crippen molar-refractivity contribution in [2.45, 2.75) is 58.0 Å². The summed E-state index contributed by atoms with van der Waals surface area (Å²) in [5.41, 5.74) is 2.59. The summed E-state index contributed by atoms with van der Waals surface area (Å²) in [6.45, 7) is 4.34. The molecule has 1 saturated carbocycles. The third-order valence-electron chi connectivity index (χ3n) is 4.35. The maximum Gasteiger partial charge on any atom is 0.0820 e. The Morgan fingerprint density at radius 3 is 2.35 bits per heavy atom. The maximum atomic E-state index is 10.5. The van der Waals surface area contributed by atoms with E-state index in [1.54, 1.807) is 0 Å². The highest BCUT2D eigenvalue weighted by atomic mass is 16.3. The Morgan fingerprint density at radius 2 is 1.82 bits per heavy atom. The van der Waals surface area contributed by atoms with E-state index in [-0.39, 0.29) is 6.10 Å². The van der Waals surface area contributed by atoms with Crippen LogP contribution in [0.3, 0.4) is 0 Å². The predicted molar refractivity (Wildman–Crippen MR) is 72.1 cm³/mol. The molecule has 17 heavy (non-hydrogen) atoms. The lowest BCUT2D eigenvalue weighted by Crippen LogP contribution is -2.17. The molecule has 1 atom stereocenters. The van der Waals surface area contributed by atoms with Crippen molar-refractivity contribution < 1.29 is 5.11 Å². The van der Waals surface area contributed by atoms with E-state index in [0.29, 0.717) is 11.8 Å². The fourth-order valence-corrected chi connectivity index (χ4v) is 2.86. The van der Waals surface area contributed by atoms with Crippen molar-refractivity contribution in [1.82, 2.24) is 0 Å². The van der Waals surface area contributed by atoms with Gasteiger partial charge in [-0.1, -0.05) is 57.4 Å². The molecule has 0 bridgehead atoms. The minimum Gasteiger partial charge on any atom is -0.388 e. The van der Waals surface area contributed by atoms with E-state index in [1.165, 1.54) is 30.4 Å². The van der Waals surface area contributed by atoms with E-state index in [2.05, 4.69) is 38.1 Å². The number of rotatable bonds is 5. The van der Waals surface area contributed by atoms with E-state index in [4.69, 9.17) is 0 Å².